The second kappa shape index (κ2) is 6.76. The number of amides is 1. The van der Waals surface area contributed by atoms with Gasteiger partial charge in [0, 0.05) is 18.3 Å². The summed E-state index contributed by atoms with van der Waals surface area (Å²) in [6, 6.07) is 9.62. The molecular weight excluding hydrogens is 340 g/mol. The molecule has 6 heteroatoms. The van der Waals surface area contributed by atoms with Gasteiger partial charge < -0.3 is 14.4 Å². The van der Waals surface area contributed by atoms with E-state index in [-0.39, 0.29) is 12.7 Å². The van der Waals surface area contributed by atoms with Crippen molar-refractivity contribution >= 4 is 23.6 Å². The molecule has 128 valence electrons. The van der Waals surface area contributed by atoms with Crippen LogP contribution in [0.15, 0.2) is 42.6 Å². The molecule has 0 spiro atoms. The predicted molar refractivity (Wildman–Crippen MR) is 94.4 cm³/mol. The van der Waals surface area contributed by atoms with Crippen LogP contribution in [0.5, 0.6) is 11.5 Å². The van der Waals surface area contributed by atoms with Crippen LogP contribution in [0.4, 0.5) is 0 Å². The standard InChI is InChI=1S/C19H17ClN2O3/c20-16-9-13(10-17-19(16)25-12-24-17)4-7-18(23)22(15-5-6-15)11-14-3-1-2-8-21-14/h1-4,7-10,15H,5-6,11-12H2. The molecule has 0 radical (unpaired) electrons. The third-order valence-electron chi connectivity index (χ3n) is 4.20. The van der Waals surface area contributed by atoms with Gasteiger partial charge in [0.05, 0.1) is 17.3 Å². The van der Waals surface area contributed by atoms with Gasteiger partial charge in [-0.1, -0.05) is 17.7 Å². The highest BCUT2D eigenvalue weighted by molar-refractivity contribution is 6.32. The van der Waals surface area contributed by atoms with Crippen LogP contribution in [0.25, 0.3) is 6.08 Å². The van der Waals surface area contributed by atoms with E-state index in [2.05, 4.69) is 4.98 Å². The summed E-state index contributed by atoms with van der Waals surface area (Å²) in [5.74, 6) is 1.13. The number of nitrogens with zero attached hydrogens (tertiary/aromatic N) is 2. The van der Waals surface area contributed by atoms with E-state index in [1.54, 1.807) is 24.4 Å². The van der Waals surface area contributed by atoms with Gasteiger partial charge >= 0.3 is 0 Å². The minimum atomic E-state index is -0.0260. The fraction of sp³-hybridized carbons (Fsp3) is 0.263. The first kappa shape index (κ1) is 16.0. The minimum Gasteiger partial charge on any atom is -0.454 e. The van der Waals surface area contributed by atoms with Gasteiger partial charge in [-0.05, 0) is 48.7 Å². The number of ether oxygens (including phenoxy) is 2. The van der Waals surface area contributed by atoms with Gasteiger partial charge in [-0.2, -0.15) is 0 Å². The number of pyridine rings is 1. The van der Waals surface area contributed by atoms with Crippen molar-refractivity contribution < 1.29 is 14.3 Å². The summed E-state index contributed by atoms with van der Waals surface area (Å²) in [6.07, 6.45) is 7.17. The molecule has 1 amide bonds. The van der Waals surface area contributed by atoms with E-state index in [4.69, 9.17) is 21.1 Å². The first-order valence-electron chi connectivity index (χ1n) is 8.18. The van der Waals surface area contributed by atoms with E-state index in [0.29, 0.717) is 29.1 Å². The van der Waals surface area contributed by atoms with Gasteiger partial charge in [-0.3, -0.25) is 9.78 Å². The van der Waals surface area contributed by atoms with Crippen molar-refractivity contribution in [1.29, 1.82) is 0 Å². The van der Waals surface area contributed by atoms with E-state index in [9.17, 15) is 4.79 Å². The Morgan fingerprint density at radius 1 is 1.32 bits per heavy atom. The summed E-state index contributed by atoms with van der Waals surface area (Å²) in [5.41, 5.74) is 1.69. The molecule has 1 saturated carbocycles. The number of carbonyl (C=O) groups excluding carboxylic acids is 1. The maximum atomic E-state index is 12.6. The second-order valence-electron chi connectivity index (χ2n) is 6.09. The van der Waals surface area contributed by atoms with Crippen LogP contribution in [0.3, 0.4) is 0 Å². The molecule has 0 unspecified atom stereocenters. The Bertz CT molecular complexity index is 819. The summed E-state index contributed by atoms with van der Waals surface area (Å²) >= 11 is 6.18. The van der Waals surface area contributed by atoms with Crippen LogP contribution in [0, 0.1) is 0 Å². The number of rotatable bonds is 5. The zero-order chi connectivity index (χ0) is 17.2. The highest BCUT2D eigenvalue weighted by Gasteiger charge is 2.31. The molecule has 0 bridgehead atoms. The lowest BCUT2D eigenvalue weighted by molar-refractivity contribution is -0.127. The summed E-state index contributed by atoms with van der Waals surface area (Å²) in [5, 5.41) is 0.481. The van der Waals surface area contributed by atoms with E-state index >= 15 is 0 Å². The number of hydrogen-bond acceptors (Lipinski definition) is 4. The Balaban J connectivity index is 1.50. The molecule has 2 heterocycles. The molecule has 2 aliphatic rings. The maximum Gasteiger partial charge on any atom is 0.247 e. The quantitative estimate of drug-likeness (QED) is 0.767. The molecule has 5 nitrogen and oxygen atoms in total. The minimum absolute atomic E-state index is 0.0260. The topological polar surface area (TPSA) is 51.7 Å². The van der Waals surface area contributed by atoms with Gasteiger partial charge in [0.25, 0.3) is 0 Å². The molecule has 1 aliphatic carbocycles. The zero-order valence-corrected chi connectivity index (χ0v) is 14.3. The predicted octanol–water partition coefficient (Wildman–Crippen LogP) is 3.67. The number of halogens is 1. The fourth-order valence-corrected chi connectivity index (χ4v) is 3.06. The Morgan fingerprint density at radius 2 is 2.20 bits per heavy atom. The Labute approximate surface area is 150 Å². The highest BCUT2D eigenvalue weighted by Crippen LogP contribution is 2.40. The average molecular weight is 357 g/mol. The zero-order valence-electron chi connectivity index (χ0n) is 13.5. The summed E-state index contributed by atoms with van der Waals surface area (Å²) in [4.78, 5) is 18.8. The van der Waals surface area contributed by atoms with E-state index < -0.39 is 0 Å². The first-order chi connectivity index (χ1) is 12.2. The van der Waals surface area contributed by atoms with Crippen LogP contribution in [0.1, 0.15) is 24.1 Å². The lowest BCUT2D eigenvalue weighted by atomic mass is 10.2. The Morgan fingerprint density at radius 3 is 2.96 bits per heavy atom. The van der Waals surface area contributed by atoms with E-state index in [1.165, 1.54) is 0 Å². The van der Waals surface area contributed by atoms with Crippen LogP contribution >= 0.6 is 11.6 Å². The van der Waals surface area contributed by atoms with E-state index in [1.807, 2.05) is 29.2 Å². The molecule has 1 aromatic carbocycles. The van der Waals surface area contributed by atoms with Gasteiger partial charge in [-0.15, -0.1) is 0 Å². The van der Waals surface area contributed by atoms with Crippen molar-refractivity contribution in [2.24, 2.45) is 0 Å². The summed E-state index contributed by atoms with van der Waals surface area (Å²) in [7, 11) is 0. The molecule has 0 atom stereocenters. The van der Waals surface area contributed by atoms with Gasteiger partial charge in [-0.25, -0.2) is 0 Å². The van der Waals surface area contributed by atoms with E-state index in [0.717, 1.165) is 24.1 Å². The molecule has 0 N–H and O–H groups in total. The molecule has 0 saturated heterocycles. The number of fused-ring (bicyclic) bond motifs is 1. The summed E-state index contributed by atoms with van der Waals surface area (Å²) in [6.45, 7) is 0.692. The SMILES string of the molecule is O=C(C=Cc1cc(Cl)c2c(c1)OCO2)N(Cc1ccccn1)C1CC1. The third kappa shape index (κ3) is 3.61. The van der Waals surface area contributed by atoms with Crippen molar-refractivity contribution in [3.05, 3.63) is 58.9 Å². The van der Waals surface area contributed by atoms with Crippen LogP contribution < -0.4 is 9.47 Å². The Hall–Kier alpha value is -2.53. The molecule has 1 aliphatic heterocycles. The maximum absolute atomic E-state index is 12.6. The van der Waals surface area contributed by atoms with Crippen molar-refractivity contribution in [2.45, 2.75) is 25.4 Å². The number of hydrogen-bond donors (Lipinski definition) is 0. The van der Waals surface area contributed by atoms with Gasteiger partial charge in [0.15, 0.2) is 11.5 Å². The fourth-order valence-electron chi connectivity index (χ4n) is 2.79. The average Bonchev–Trinajstić information content (AvgIpc) is 3.35. The lowest BCUT2D eigenvalue weighted by Crippen LogP contribution is -2.31. The number of carbonyl (C=O) groups is 1. The van der Waals surface area contributed by atoms with Gasteiger partial charge in [0.2, 0.25) is 12.7 Å². The third-order valence-corrected chi connectivity index (χ3v) is 4.48. The van der Waals surface area contributed by atoms with Crippen LogP contribution in [0.2, 0.25) is 5.02 Å². The van der Waals surface area contributed by atoms with Crippen molar-refractivity contribution in [3.8, 4) is 11.5 Å². The molecule has 4 rings (SSSR count). The molecule has 1 aromatic heterocycles. The lowest BCUT2D eigenvalue weighted by Gasteiger charge is -2.20. The molecule has 25 heavy (non-hydrogen) atoms. The van der Waals surface area contributed by atoms with Crippen LogP contribution in [-0.4, -0.2) is 28.6 Å². The highest BCUT2D eigenvalue weighted by atomic mass is 35.5. The van der Waals surface area contributed by atoms with Crippen molar-refractivity contribution in [1.82, 2.24) is 9.88 Å². The molecule has 1 fully saturated rings. The van der Waals surface area contributed by atoms with Gasteiger partial charge in [0.1, 0.15) is 0 Å². The Kier molecular flexibility index (Phi) is 4.32. The molecule has 2 aromatic rings. The second-order valence-corrected chi connectivity index (χ2v) is 6.50. The number of aromatic nitrogens is 1. The van der Waals surface area contributed by atoms with Crippen molar-refractivity contribution in [3.63, 3.8) is 0 Å². The monoisotopic (exact) mass is 356 g/mol. The number of benzene rings is 1. The normalized spacial score (nSPS) is 15.6. The smallest absolute Gasteiger partial charge is 0.247 e. The first-order valence-corrected chi connectivity index (χ1v) is 8.56. The van der Waals surface area contributed by atoms with Crippen molar-refractivity contribution in [2.75, 3.05) is 6.79 Å². The van der Waals surface area contributed by atoms with Crippen LogP contribution in [-0.2, 0) is 11.3 Å². The largest absolute Gasteiger partial charge is 0.454 e. The molecular formula is C19H17ClN2O3. The summed E-state index contributed by atoms with van der Waals surface area (Å²) < 4.78 is 10.7.